The van der Waals surface area contributed by atoms with E-state index in [4.69, 9.17) is 11.5 Å². The molecule has 2 rings (SSSR count). The number of nitrogens with one attached hydrogen (secondary N) is 2. The number of carbonyl (C=O) groups is 1. The maximum atomic E-state index is 11.9. The minimum atomic E-state index is -3.79. The van der Waals surface area contributed by atoms with Crippen LogP contribution in [-0.4, -0.2) is 25.1 Å². The highest BCUT2D eigenvalue weighted by molar-refractivity contribution is 7.84. The largest absolute Gasteiger partial charge is 0.362 e. The van der Waals surface area contributed by atoms with Gasteiger partial charge in [0.25, 0.3) is 0 Å². The summed E-state index contributed by atoms with van der Waals surface area (Å²) < 4.78 is 25.7. The lowest BCUT2D eigenvalue weighted by Gasteiger charge is -2.02. The Bertz CT molecular complexity index is 871. The summed E-state index contributed by atoms with van der Waals surface area (Å²) in [5.41, 5.74) is 11.4. The maximum absolute atomic E-state index is 11.9. The molecule has 0 aliphatic heterocycles. The highest BCUT2D eigenvalue weighted by Gasteiger charge is 2.14. The van der Waals surface area contributed by atoms with Gasteiger partial charge in [-0.1, -0.05) is 0 Å². The first-order chi connectivity index (χ1) is 11.4. The summed E-state index contributed by atoms with van der Waals surface area (Å²) in [5, 5.41) is 2.88. The molecule has 8 nitrogen and oxygen atoms in total. The number of rotatable bonds is 6. The minimum Gasteiger partial charge on any atom is -0.362 e. The molecule has 0 aliphatic rings. The van der Waals surface area contributed by atoms with Crippen molar-refractivity contribution in [3.63, 3.8) is 0 Å². The van der Waals surface area contributed by atoms with E-state index in [1.54, 1.807) is 24.3 Å². The fourth-order valence-electron chi connectivity index (χ4n) is 1.77. The van der Waals surface area contributed by atoms with Crippen LogP contribution in [0, 0.1) is 0 Å². The molecule has 0 unspecified atom stereocenters. The van der Waals surface area contributed by atoms with Crippen molar-refractivity contribution in [1.82, 2.24) is 4.98 Å². The number of allylic oxidation sites excluding steroid dienone is 1. The Morgan fingerprint density at radius 3 is 2.29 bits per heavy atom. The molecule has 6 N–H and O–H groups in total. The molecule has 0 saturated heterocycles. The number of hydrogen-bond acceptors (Lipinski definition) is 5. The van der Waals surface area contributed by atoms with Crippen LogP contribution in [0.25, 0.3) is 0 Å². The number of nitrogens with two attached hydrogens (primary N) is 2. The van der Waals surface area contributed by atoms with Crippen molar-refractivity contribution in [2.24, 2.45) is 11.5 Å². The van der Waals surface area contributed by atoms with Crippen molar-refractivity contribution in [3.05, 3.63) is 66.6 Å². The zero-order chi connectivity index (χ0) is 17.6. The van der Waals surface area contributed by atoms with Gasteiger partial charge in [-0.3, -0.25) is 21.2 Å². The van der Waals surface area contributed by atoms with Crippen LogP contribution in [0.1, 0.15) is 10.4 Å². The second-order valence-corrected chi connectivity index (χ2v) is 6.35. The van der Waals surface area contributed by atoms with Gasteiger partial charge in [0.1, 0.15) is 4.90 Å². The van der Waals surface area contributed by atoms with Crippen LogP contribution in [0.5, 0.6) is 0 Å². The summed E-state index contributed by atoms with van der Waals surface area (Å²) >= 11 is 0. The third-order valence-corrected chi connectivity index (χ3v) is 4.26. The summed E-state index contributed by atoms with van der Waals surface area (Å²) in [6.07, 6.45) is 5.91. The molecule has 2 aromatic rings. The molecule has 1 aromatic heterocycles. The molecule has 124 valence electrons. The number of sulfonamides is 1. The zero-order valence-corrected chi connectivity index (χ0v) is 13.3. The molecule has 0 amide bonds. The van der Waals surface area contributed by atoms with Gasteiger partial charge in [0.15, 0.2) is 5.78 Å². The van der Waals surface area contributed by atoms with Crippen LogP contribution in [0.3, 0.4) is 0 Å². The van der Waals surface area contributed by atoms with Crippen molar-refractivity contribution < 1.29 is 17.6 Å². The predicted molar refractivity (Wildman–Crippen MR) is 89.3 cm³/mol. The third-order valence-electron chi connectivity index (χ3n) is 2.87. The highest BCUT2D eigenvalue weighted by Crippen LogP contribution is 2.12. The van der Waals surface area contributed by atoms with Crippen molar-refractivity contribution in [3.8, 4) is 0 Å². The summed E-state index contributed by atoms with van der Waals surface area (Å²) in [5.74, 6) is -0.586. The average molecular weight is 346 g/mol. The van der Waals surface area contributed by atoms with Gasteiger partial charge in [-0.05, 0) is 36.4 Å². The third kappa shape index (κ3) is 4.65. The van der Waals surface area contributed by atoms with E-state index in [0.29, 0.717) is 11.3 Å². The van der Waals surface area contributed by atoms with Crippen LogP contribution >= 0.6 is 0 Å². The molecular weight excluding hydrogens is 330 g/mol. The van der Waals surface area contributed by atoms with E-state index in [9.17, 15) is 13.2 Å². The molecule has 0 atom stereocenters. The Labute approximate surface area is 139 Å². The van der Waals surface area contributed by atoms with Crippen LogP contribution in [-0.2, 0) is 10.0 Å². The number of anilines is 1. The van der Waals surface area contributed by atoms with Gasteiger partial charge in [-0.15, -0.1) is 0 Å². The molecule has 0 aliphatic carbocycles. The molecule has 24 heavy (non-hydrogen) atoms. The molecule has 1 aromatic carbocycles. The topological polar surface area (TPSA) is 142 Å². The number of pyridine rings is 1. The van der Waals surface area contributed by atoms with Gasteiger partial charge in [0.05, 0.1) is 0 Å². The highest BCUT2D eigenvalue weighted by atomic mass is 32.2. The number of nitrogens with zero attached hydrogens (tertiary/aromatic N) is 1. The number of aromatic nitrogens is 1. The number of ketones is 1. The molecular formula is C15H16N5O3S+. The number of benzene rings is 1. The number of guanidine groups is 1. The standard InChI is InChI=1S/C15H15N5O3S/c16-15(17)20-24(22,23)13-3-1-12(2-4-13)19-10-7-14(21)11-5-8-18-9-6-11/h1-10,19H,(H4,16,17,20)/p+1/b10-7+. The Hall–Kier alpha value is -3.20. The number of carbonyl (C=O) groups excluding carboxylic acids is 1. The van der Waals surface area contributed by atoms with E-state index in [-0.39, 0.29) is 10.7 Å². The quantitative estimate of drug-likeness (QED) is 0.226. The molecule has 9 heteroatoms. The Balaban J connectivity index is 2.04. The predicted octanol–water partition coefficient (Wildman–Crippen LogP) is -1.07. The van der Waals surface area contributed by atoms with E-state index in [0.717, 1.165) is 0 Å². The molecule has 0 bridgehead atoms. The average Bonchev–Trinajstić information content (AvgIpc) is 2.55. The zero-order valence-electron chi connectivity index (χ0n) is 12.5. The van der Waals surface area contributed by atoms with Crippen molar-refractivity contribution in [1.29, 1.82) is 0 Å². The van der Waals surface area contributed by atoms with Gasteiger partial charge in [0, 0.05) is 35.9 Å². The second kappa shape index (κ2) is 7.38. The van der Waals surface area contributed by atoms with Gasteiger partial charge in [-0.25, -0.2) is 0 Å². The maximum Gasteiger partial charge on any atom is 0.353 e. The lowest BCUT2D eigenvalue weighted by molar-refractivity contribution is -0.270. The smallest absolute Gasteiger partial charge is 0.353 e. The van der Waals surface area contributed by atoms with Crippen molar-refractivity contribution in [2.75, 3.05) is 5.32 Å². The second-order valence-electron chi connectivity index (χ2n) is 4.66. The van der Waals surface area contributed by atoms with E-state index in [1.165, 1.54) is 36.8 Å². The monoisotopic (exact) mass is 346 g/mol. The van der Waals surface area contributed by atoms with E-state index < -0.39 is 16.0 Å². The fraction of sp³-hybridized carbons (Fsp3) is 0. The van der Waals surface area contributed by atoms with Crippen LogP contribution in [0.2, 0.25) is 0 Å². The number of hydrogen-bond donors (Lipinski definition) is 4. The Morgan fingerprint density at radius 2 is 1.71 bits per heavy atom. The van der Waals surface area contributed by atoms with Crippen LogP contribution in [0.15, 0.2) is 66.0 Å². The summed E-state index contributed by atoms with van der Waals surface area (Å²) in [4.78, 5) is 15.7. The van der Waals surface area contributed by atoms with Gasteiger partial charge in [0.2, 0.25) is 0 Å². The first-order valence-corrected chi connectivity index (χ1v) is 8.25. The molecule has 0 saturated carbocycles. The minimum absolute atomic E-state index is 0.0123. The fourth-order valence-corrected chi connectivity index (χ4v) is 2.69. The van der Waals surface area contributed by atoms with Crippen molar-refractivity contribution >= 4 is 27.5 Å². The van der Waals surface area contributed by atoms with E-state index >= 15 is 0 Å². The first kappa shape index (κ1) is 17.2. The summed E-state index contributed by atoms with van der Waals surface area (Å²) in [6, 6.07) is 9.07. The lowest BCUT2D eigenvalue weighted by Crippen LogP contribution is -2.80. The first-order valence-electron chi connectivity index (χ1n) is 6.77. The normalized spacial score (nSPS) is 11.2. The summed E-state index contributed by atoms with van der Waals surface area (Å²) in [7, 11) is -3.79. The van der Waals surface area contributed by atoms with Crippen molar-refractivity contribution in [2.45, 2.75) is 4.90 Å². The molecule has 1 heterocycles. The van der Waals surface area contributed by atoms with Gasteiger partial charge in [-0.2, -0.15) is 12.8 Å². The summed E-state index contributed by atoms with van der Waals surface area (Å²) in [6.45, 7) is 0. The van der Waals surface area contributed by atoms with Gasteiger partial charge < -0.3 is 5.32 Å². The lowest BCUT2D eigenvalue weighted by atomic mass is 10.2. The van der Waals surface area contributed by atoms with Gasteiger partial charge >= 0.3 is 16.0 Å². The van der Waals surface area contributed by atoms with Crippen LogP contribution < -0.4 is 21.2 Å². The molecule has 0 radical (unpaired) electrons. The Kier molecular flexibility index (Phi) is 5.27. The Morgan fingerprint density at radius 1 is 1.08 bits per heavy atom. The van der Waals surface area contributed by atoms with E-state index in [2.05, 4.69) is 10.3 Å². The van der Waals surface area contributed by atoms with E-state index in [1.807, 2.05) is 4.40 Å². The SMILES string of the molecule is NC(N)=[NH+]S(=O)(=O)c1ccc(N/C=C/C(=O)c2ccncc2)cc1. The van der Waals surface area contributed by atoms with Crippen LogP contribution in [0.4, 0.5) is 5.69 Å². The molecule has 0 fully saturated rings. The molecule has 0 spiro atoms.